The number of hydrogen-bond acceptors (Lipinski definition) is 3. The predicted octanol–water partition coefficient (Wildman–Crippen LogP) is 3.81. The second kappa shape index (κ2) is 8.82. The van der Waals surface area contributed by atoms with Crippen LogP contribution in [0.15, 0.2) is 48.5 Å². The van der Waals surface area contributed by atoms with Crippen molar-refractivity contribution >= 4 is 29.3 Å². The lowest BCUT2D eigenvalue weighted by molar-refractivity contribution is -0.121. The van der Waals surface area contributed by atoms with E-state index in [0.29, 0.717) is 48.5 Å². The van der Waals surface area contributed by atoms with Crippen molar-refractivity contribution in [1.29, 1.82) is 0 Å². The number of benzene rings is 2. The monoisotopic (exact) mass is 384 g/mol. The molecule has 0 fully saturated rings. The third-order valence-corrected chi connectivity index (χ3v) is 4.97. The molecule has 1 heterocycles. The van der Waals surface area contributed by atoms with E-state index >= 15 is 0 Å². The molecule has 0 saturated heterocycles. The van der Waals surface area contributed by atoms with Crippen molar-refractivity contribution in [2.45, 2.75) is 32.2 Å². The molecule has 0 spiro atoms. The Bertz CT molecular complexity index is 831. The van der Waals surface area contributed by atoms with Crippen LogP contribution in [0.5, 0.6) is 0 Å². The van der Waals surface area contributed by atoms with Crippen molar-refractivity contribution in [3.63, 3.8) is 0 Å². The average Bonchev–Trinajstić information content (AvgIpc) is 2.92. The first-order chi connectivity index (χ1) is 13.1. The van der Waals surface area contributed by atoms with E-state index in [-0.39, 0.29) is 17.7 Å². The molecule has 0 bridgehead atoms. The number of carbonyl (C=O) groups is 3. The van der Waals surface area contributed by atoms with E-state index in [1.165, 1.54) is 4.90 Å². The van der Waals surface area contributed by atoms with Gasteiger partial charge in [0.1, 0.15) is 0 Å². The van der Waals surface area contributed by atoms with Crippen LogP contribution < -0.4 is 5.32 Å². The van der Waals surface area contributed by atoms with Crippen molar-refractivity contribution < 1.29 is 14.4 Å². The fourth-order valence-corrected chi connectivity index (χ4v) is 3.30. The lowest BCUT2D eigenvalue weighted by Gasteiger charge is -2.13. The van der Waals surface area contributed by atoms with Crippen molar-refractivity contribution in [3.05, 3.63) is 70.2 Å². The predicted molar refractivity (Wildman–Crippen MR) is 104 cm³/mol. The Balaban J connectivity index is 1.35. The van der Waals surface area contributed by atoms with Gasteiger partial charge in [-0.05, 0) is 36.6 Å². The maximum atomic E-state index is 12.3. The summed E-state index contributed by atoms with van der Waals surface area (Å²) in [5, 5.41) is 3.49. The maximum absolute atomic E-state index is 12.3. The van der Waals surface area contributed by atoms with Gasteiger partial charge in [-0.3, -0.25) is 19.3 Å². The van der Waals surface area contributed by atoms with Gasteiger partial charge in [-0.2, -0.15) is 0 Å². The molecule has 1 N–H and O–H groups in total. The van der Waals surface area contributed by atoms with Crippen LogP contribution in [-0.2, 0) is 11.3 Å². The Labute approximate surface area is 163 Å². The van der Waals surface area contributed by atoms with E-state index in [1.54, 1.807) is 30.3 Å². The van der Waals surface area contributed by atoms with Gasteiger partial charge in [0.25, 0.3) is 11.8 Å². The highest BCUT2D eigenvalue weighted by Crippen LogP contribution is 2.22. The zero-order valence-corrected chi connectivity index (χ0v) is 15.7. The fraction of sp³-hybridized carbons (Fsp3) is 0.286. The number of fused-ring (bicyclic) bond motifs is 1. The quantitative estimate of drug-likeness (QED) is 0.556. The first kappa shape index (κ1) is 19.1. The molecule has 1 aliphatic rings. The summed E-state index contributed by atoms with van der Waals surface area (Å²) < 4.78 is 0. The van der Waals surface area contributed by atoms with Crippen LogP contribution in [0.25, 0.3) is 0 Å². The molecule has 27 heavy (non-hydrogen) atoms. The molecule has 0 unspecified atom stereocenters. The Morgan fingerprint density at radius 3 is 2.19 bits per heavy atom. The van der Waals surface area contributed by atoms with Crippen LogP contribution in [0, 0.1) is 0 Å². The Kier molecular flexibility index (Phi) is 6.24. The Morgan fingerprint density at radius 1 is 0.889 bits per heavy atom. The smallest absolute Gasteiger partial charge is 0.261 e. The number of unbranched alkanes of at least 4 members (excludes halogenated alkanes) is 2. The van der Waals surface area contributed by atoms with Crippen LogP contribution in [0.2, 0.25) is 5.02 Å². The third kappa shape index (κ3) is 4.55. The third-order valence-electron chi connectivity index (χ3n) is 4.60. The van der Waals surface area contributed by atoms with E-state index in [1.807, 2.05) is 18.2 Å². The van der Waals surface area contributed by atoms with Gasteiger partial charge in [0.05, 0.1) is 11.1 Å². The summed E-state index contributed by atoms with van der Waals surface area (Å²) in [4.78, 5) is 37.7. The van der Waals surface area contributed by atoms with Gasteiger partial charge in [0.2, 0.25) is 5.91 Å². The average molecular weight is 385 g/mol. The molecule has 0 aromatic heterocycles. The molecular weight excluding hydrogens is 364 g/mol. The summed E-state index contributed by atoms with van der Waals surface area (Å²) in [6.07, 6.45) is 2.57. The lowest BCUT2D eigenvalue weighted by Crippen LogP contribution is -2.30. The van der Waals surface area contributed by atoms with Gasteiger partial charge in [0, 0.05) is 24.5 Å². The molecular formula is C21H21ClN2O3. The zero-order chi connectivity index (χ0) is 19.2. The zero-order valence-electron chi connectivity index (χ0n) is 14.9. The molecule has 0 aliphatic carbocycles. The number of imide groups is 1. The minimum atomic E-state index is -0.229. The molecule has 2 aromatic rings. The van der Waals surface area contributed by atoms with Crippen LogP contribution in [0.1, 0.15) is 52.0 Å². The standard InChI is InChI=1S/C21H21ClN2O3/c22-18-11-6-3-8-15(18)14-23-19(25)12-2-1-7-13-24-20(26)16-9-4-5-10-17(16)21(24)27/h3-6,8-11H,1-2,7,12-14H2,(H,23,25). The SMILES string of the molecule is O=C(CCCCCN1C(=O)c2ccccc2C1=O)NCc1ccccc1Cl. The first-order valence-corrected chi connectivity index (χ1v) is 9.41. The molecule has 0 saturated carbocycles. The van der Waals surface area contributed by atoms with Gasteiger partial charge in [-0.15, -0.1) is 0 Å². The second-order valence-corrected chi connectivity index (χ2v) is 6.89. The molecule has 6 heteroatoms. The summed E-state index contributed by atoms with van der Waals surface area (Å²) in [7, 11) is 0. The topological polar surface area (TPSA) is 66.5 Å². The van der Waals surface area contributed by atoms with E-state index in [0.717, 1.165) is 12.0 Å². The van der Waals surface area contributed by atoms with E-state index in [9.17, 15) is 14.4 Å². The van der Waals surface area contributed by atoms with Crippen LogP contribution >= 0.6 is 11.6 Å². The fourth-order valence-electron chi connectivity index (χ4n) is 3.10. The summed E-state index contributed by atoms with van der Waals surface area (Å²) in [6, 6.07) is 14.3. The lowest BCUT2D eigenvalue weighted by atomic mass is 10.1. The van der Waals surface area contributed by atoms with Crippen molar-refractivity contribution in [2.24, 2.45) is 0 Å². The number of amides is 3. The number of rotatable bonds is 8. The summed E-state index contributed by atoms with van der Waals surface area (Å²) in [5.74, 6) is -0.489. The number of hydrogen-bond donors (Lipinski definition) is 1. The molecule has 140 valence electrons. The highest BCUT2D eigenvalue weighted by Gasteiger charge is 2.34. The number of carbonyl (C=O) groups excluding carboxylic acids is 3. The van der Waals surface area contributed by atoms with Crippen molar-refractivity contribution in [2.75, 3.05) is 6.54 Å². The largest absolute Gasteiger partial charge is 0.352 e. The first-order valence-electron chi connectivity index (χ1n) is 9.03. The molecule has 0 radical (unpaired) electrons. The molecule has 0 atom stereocenters. The number of halogens is 1. The Morgan fingerprint density at radius 2 is 1.52 bits per heavy atom. The Hall–Kier alpha value is -2.66. The van der Waals surface area contributed by atoms with Gasteiger partial charge in [-0.1, -0.05) is 48.4 Å². The summed E-state index contributed by atoms with van der Waals surface area (Å²) in [5.41, 5.74) is 1.83. The number of nitrogens with one attached hydrogen (secondary N) is 1. The summed E-state index contributed by atoms with van der Waals surface area (Å²) >= 11 is 6.06. The van der Waals surface area contributed by atoms with Crippen LogP contribution in [-0.4, -0.2) is 29.2 Å². The molecule has 5 nitrogen and oxygen atoms in total. The molecule has 3 rings (SSSR count). The van der Waals surface area contributed by atoms with Crippen LogP contribution in [0.4, 0.5) is 0 Å². The van der Waals surface area contributed by atoms with Gasteiger partial charge in [-0.25, -0.2) is 0 Å². The minimum Gasteiger partial charge on any atom is -0.352 e. The van der Waals surface area contributed by atoms with E-state index in [4.69, 9.17) is 11.6 Å². The van der Waals surface area contributed by atoms with Gasteiger partial charge < -0.3 is 5.32 Å². The highest BCUT2D eigenvalue weighted by molar-refractivity contribution is 6.31. The van der Waals surface area contributed by atoms with Gasteiger partial charge in [0.15, 0.2) is 0 Å². The van der Waals surface area contributed by atoms with Crippen molar-refractivity contribution in [3.8, 4) is 0 Å². The molecule has 2 aromatic carbocycles. The van der Waals surface area contributed by atoms with Gasteiger partial charge >= 0.3 is 0 Å². The molecule has 1 aliphatic heterocycles. The van der Waals surface area contributed by atoms with Crippen molar-refractivity contribution in [1.82, 2.24) is 10.2 Å². The second-order valence-electron chi connectivity index (χ2n) is 6.49. The van der Waals surface area contributed by atoms with E-state index in [2.05, 4.69) is 5.32 Å². The summed E-state index contributed by atoms with van der Waals surface area (Å²) in [6.45, 7) is 0.793. The maximum Gasteiger partial charge on any atom is 0.261 e. The number of nitrogens with zero attached hydrogens (tertiary/aromatic N) is 1. The normalized spacial score (nSPS) is 13.0. The van der Waals surface area contributed by atoms with Crippen LogP contribution in [0.3, 0.4) is 0 Å². The molecule has 3 amide bonds. The highest BCUT2D eigenvalue weighted by atomic mass is 35.5. The van der Waals surface area contributed by atoms with E-state index < -0.39 is 0 Å². The minimum absolute atomic E-state index is 0.0318.